The Morgan fingerprint density at radius 1 is 1.02 bits per heavy atom. The van der Waals surface area contributed by atoms with E-state index in [1.165, 1.54) is 35.6 Å². The van der Waals surface area contributed by atoms with Gasteiger partial charge in [0.15, 0.2) is 16.7 Å². The number of amides is 4. The van der Waals surface area contributed by atoms with E-state index in [-0.39, 0.29) is 41.9 Å². The number of anilines is 1. The third-order valence-electron chi connectivity index (χ3n) is 6.99. The average molecular weight is 569 g/mol. The Hall–Kier alpha value is -4.23. The number of rotatable bonds is 6. The molecule has 1 unspecified atom stereocenters. The molecule has 2 fully saturated rings. The third kappa shape index (κ3) is 4.60. The molecule has 40 heavy (non-hydrogen) atoms. The highest BCUT2D eigenvalue weighted by Gasteiger charge is 2.44. The van der Waals surface area contributed by atoms with Crippen LogP contribution in [0.2, 0.25) is 0 Å². The molecule has 3 aliphatic rings. The van der Waals surface area contributed by atoms with Crippen molar-refractivity contribution in [2.75, 3.05) is 31.2 Å². The molecule has 206 valence electrons. The second-order valence-electron chi connectivity index (χ2n) is 9.47. The van der Waals surface area contributed by atoms with E-state index in [2.05, 4.69) is 15.2 Å². The van der Waals surface area contributed by atoms with E-state index in [1.54, 1.807) is 5.38 Å². The van der Waals surface area contributed by atoms with E-state index < -0.39 is 41.3 Å². The van der Waals surface area contributed by atoms with Crippen LogP contribution in [0, 0.1) is 11.6 Å². The lowest BCUT2D eigenvalue weighted by molar-refractivity contribution is -0.136. The summed E-state index contributed by atoms with van der Waals surface area (Å²) in [6.45, 7) is 2.27. The van der Waals surface area contributed by atoms with E-state index >= 15 is 0 Å². The van der Waals surface area contributed by atoms with Crippen molar-refractivity contribution in [1.82, 2.24) is 15.2 Å². The van der Waals surface area contributed by atoms with E-state index in [9.17, 15) is 28.0 Å². The summed E-state index contributed by atoms with van der Waals surface area (Å²) >= 11 is 1.38. The summed E-state index contributed by atoms with van der Waals surface area (Å²) in [6, 6.07) is 5.71. The Morgan fingerprint density at radius 2 is 1.77 bits per heavy atom. The van der Waals surface area contributed by atoms with Gasteiger partial charge in [0.25, 0.3) is 11.8 Å². The van der Waals surface area contributed by atoms with Crippen LogP contribution in [0.3, 0.4) is 0 Å². The predicted octanol–water partition coefficient (Wildman–Crippen LogP) is 2.91. The Labute approximate surface area is 230 Å². The number of piperidine rings is 1. The van der Waals surface area contributed by atoms with E-state index in [4.69, 9.17) is 9.47 Å². The van der Waals surface area contributed by atoms with Gasteiger partial charge in [0.2, 0.25) is 17.6 Å². The van der Waals surface area contributed by atoms with Crippen LogP contribution in [0.1, 0.15) is 39.1 Å². The molecular weight excluding hydrogens is 546 g/mol. The number of imide groups is 2. The first kappa shape index (κ1) is 26.0. The minimum Gasteiger partial charge on any atom is -0.485 e. The van der Waals surface area contributed by atoms with Gasteiger partial charge in [-0.15, -0.1) is 11.3 Å². The van der Waals surface area contributed by atoms with E-state index in [0.29, 0.717) is 37.6 Å². The molecule has 0 aliphatic carbocycles. The highest BCUT2D eigenvalue weighted by atomic mass is 32.1. The zero-order valence-electron chi connectivity index (χ0n) is 20.9. The topological polar surface area (TPSA) is 118 Å². The van der Waals surface area contributed by atoms with Gasteiger partial charge < -0.3 is 14.4 Å². The van der Waals surface area contributed by atoms with Gasteiger partial charge in [-0.2, -0.15) is 4.39 Å². The minimum atomic E-state index is -1.17. The molecule has 2 aromatic carbocycles. The summed E-state index contributed by atoms with van der Waals surface area (Å²) < 4.78 is 40.3. The smallest absolute Gasteiger partial charge is 0.262 e. The molecule has 4 heterocycles. The second kappa shape index (κ2) is 10.4. The molecule has 1 aromatic heterocycles. The van der Waals surface area contributed by atoms with Crippen LogP contribution < -0.4 is 15.0 Å². The molecule has 0 saturated carbocycles. The minimum absolute atomic E-state index is 0.0113. The largest absolute Gasteiger partial charge is 0.485 e. The number of hydrogen-bond acceptors (Lipinski definition) is 9. The van der Waals surface area contributed by atoms with Gasteiger partial charge in [-0.05, 0) is 36.2 Å². The summed E-state index contributed by atoms with van der Waals surface area (Å²) in [5.74, 6) is -5.07. The van der Waals surface area contributed by atoms with Crippen LogP contribution in [0.15, 0.2) is 35.7 Å². The van der Waals surface area contributed by atoms with Gasteiger partial charge in [-0.1, -0.05) is 6.07 Å². The Kier molecular flexibility index (Phi) is 6.76. The summed E-state index contributed by atoms with van der Waals surface area (Å²) in [7, 11) is 0. The molecule has 0 radical (unpaired) electrons. The molecule has 1 N–H and O–H groups in total. The molecule has 10 nitrogen and oxygen atoms in total. The fourth-order valence-electron chi connectivity index (χ4n) is 4.93. The first-order chi connectivity index (χ1) is 19.3. The summed E-state index contributed by atoms with van der Waals surface area (Å²) in [6.07, 6.45) is 0.0506. The summed E-state index contributed by atoms with van der Waals surface area (Å²) in [4.78, 5) is 57.3. The van der Waals surface area contributed by atoms with E-state index in [0.717, 1.165) is 16.1 Å². The molecule has 3 aromatic rings. The predicted molar refractivity (Wildman–Crippen MR) is 138 cm³/mol. The maximum atomic E-state index is 14.9. The number of nitrogens with one attached hydrogen (secondary N) is 1. The van der Waals surface area contributed by atoms with Gasteiger partial charge in [-0.3, -0.25) is 29.4 Å². The summed E-state index contributed by atoms with van der Waals surface area (Å²) in [5, 5.41) is 4.63. The maximum Gasteiger partial charge on any atom is 0.262 e. The quantitative estimate of drug-likeness (QED) is 0.451. The number of morpholine rings is 1. The molecule has 13 heteroatoms. The molecule has 3 aliphatic heterocycles. The van der Waals surface area contributed by atoms with E-state index in [1.807, 2.05) is 0 Å². The molecule has 0 spiro atoms. The fraction of sp³-hybridized carbons (Fsp3) is 0.296. The maximum absolute atomic E-state index is 14.9. The molecule has 2 saturated heterocycles. The van der Waals surface area contributed by atoms with Crippen LogP contribution in [0.5, 0.6) is 5.75 Å². The number of nitrogens with zero attached hydrogens (tertiary/aromatic N) is 3. The first-order valence-corrected chi connectivity index (χ1v) is 13.4. The van der Waals surface area contributed by atoms with Gasteiger partial charge >= 0.3 is 0 Å². The highest BCUT2D eigenvalue weighted by Crippen LogP contribution is 2.37. The normalized spacial score (nSPS) is 19.2. The van der Waals surface area contributed by atoms with Crippen molar-refractivity contribution in [2.45, 2.75) is 25.5 Å². The van der Waals surface area contributed by atoms with Crippen LogP contribution in [-0.2, 0) is 20.9 Å². The SMILES string of the molecule is O=C1CCC(N2C(=O)c3ccc(COc4c(-c5csc(N6CCOCC6)n5)ccc(F)c4F)cc3C2=O)C(=O)N1. The molecule has 0 bridgehead atoms. The molecule has 1 atom stereocenters. The zero-order valence-corrected chi connectivity index (χ0v) is 21.8. The number of hydrogen-bond donors (Lipinski definition) is 1. The van der Waals surface area contributed by atoms with Crippen molar-refractivity contribution in [1.29, 1.82) is 0 Å². The van der Waals surface area contributed by atoms with Crippen molar-refractivity contribution in [3.63, 3.8) is 0 Å². The van der Waals surface area contributed by atoms with Crippen LogP contribution >= 0.6 is 11.3 Å². The Balaban J connectivity index is 1.23. The fourth-order valence-corrected chi connectivity index (χ4v) is 5.81. The number of thiazole rings is 1. The monoisotopic (exact) mass is 568 g/mol. The number of carbonyl (C=O) groups excluding carboxylic acids is 4. The third-order valence-corrected chi connectivity index (χ3v) is 7.89. The number of benzene rings is 2. The lowest BCUT2D eigenvalue weighted by Gasteiger charge is -2.27. The lowest BCUT2D eigenvalue weighted by atomic mass is 10.0. The van der Waals surface area contributed by atoms with Gasteiger partial charge in [-0.25, -0.2) is 9.37 Å². The highest BCUT2D eigenvalue weighted by molar-refractivity contribution is 7.14. The number of carbonyl (C=O) groups is 4. The Morgan fingerprint density at radius 3 is 2.55 bits per heavy atom. The zero-order chi connectivity index (χ0) is 28.0. The number of fused-ring (bicyclic) bond motifs is 1. The van der Waals surface area contributed by atoms with Crippen molar-refractivity contribution >= 4 is 40.1 Å². The van der Waals surface area contributed by atoms with Gasteiger partial charge in [0, 0.05) is 30.5 Å². The summed E-state index contributed by atoms with van der Waals surface area (Å²) in [5.41, 5.74) is 1.28. The van der Waals surface area contributed by atoms with Crippen molar-refractivity contribution in [2.24, 2.45) is 0 Å². The van der Waals surface area contributed by atoms with Gasteiger partial charge in [0.05, 0.1) is 30.0 Å². The second-order valence-corrected chi connectivity index (χ2v) is 10.3. The molecular formula is C27H22F2N4O6S. The number of ether oxygens (including phenoxy) is 2. The van der Waals surface area contributed by atoms with Crippen molar-refractivity contribution in [3.05, 3.63) is 64.0 Å². The van der Waals surface area contributed by atoms with Gasteiger partial charge in [0.1, 0.15) is 12.6 Å². The average Bonchev–Trinajstić information content (AvgIpc) is 3.54. The van der Waals surface area contributed by atoms with Crippen molar-refractivity contribution < 1.29 is 37.4 Å². The molecule has 4 amide bonds. The number of halogens is 2. The molecule has 6 rings (SSSR count). The Bertz CT molecular complexity index is 1550. The standard InChI is InChI=1S/C27H22F2N4O6S/c28-18-4-3-16(19-13-40-27(30-19)32-7-9-38-10-8-32)23(22(18)29)39-12-14-1-2-15-17(11-14)26(37)33(25(15)36)20-5-6-21(34)31-24(20)35/h1-4,11,13,20H,5-10,12H2,(H,31,34,35). The van der Waals surface area contributed by atoms with Crippen LogP contribution in [0.25, 0.3) is 11.3 Å². The van der Waals surface area contributed by atoms with Crippen LogP contribution in [0.4, 0.5) is 13.9 Å². The van der Waals surface area contributed by atoms with Crippen LogP contribution in [-0.4, -0.2) is 65.9 Å². The lowest BCUT2D eigenvalue weighted by Crippen LogP contribution is -2.54. The number of aromatic nitrogens is 1. The van der Waals surface area contributed by atoms with Crippen molar-refractivity contribution in [3.8, 4) is 17.0 Å². The first-order valence-electron chi connectivity index (χ1n) is 12.6.